The fraction of sp³-hybridized carbons (Fsp3) is 0.0870. The normalized spacial score (nSPS) is 11.2. The third-order valence-electron chi connectivity index (χ3n) is 4.87. The first-order valence-electron chi connectivity index (χ1n) is 9.75. The predicted molar refractivity (Wildman–Crippen MR) is 127 cm³/mol. The van der Waals surface area contributed by atoms with E-state index in [2.05, 4.69) is 26.0 Å². The van der Waals surface area contributed by atoms with Crippen LogP contribution in [0.4, 0.5) is 5.69 Å². The molecule has 166 valence electrons. The number of benzene rings is 3. The van der Waals surface area contributed by atoms with Gasteiger partial charge in [0, 0.05) is 17.7 Å². The van der Waals surface area contributed by atoms with E-state index in [4.69, 9.17) is 4.74 Å². The number of nitro groups is 1. The Bertz CT molecular complexity index is 1470. The average Bonchev–Trinajstić information content (AvgIpc) is 2.80. The summed E-state index contributed by atoms with van der Waals surface area (Å²) < 4.78 is 7.06. The number of phenols is 1. The Balaban J connectivity index is 1.80. The number of halogens is 1. The number of aromatic nitrogens is 2. The molecule has 4 aromatic rings. The van der Waals surface area contributed by atoms with Crippen LogP contribution >= 0.6 is 15.9 Å². The van der Waals surface area contributed by atoms with Crippen LogP contribution in [-0.2, 0) is 6.61 Å². The van der Waals surface area contributed by atoms with E-state index in [0.29, 0.717) is 16.7 Å². The van der Waals surface area contributed by atoms with Gasteiger partial charge in [-0.3, -0.25) is 14.9 Å². The number of para-hydroxylation sites is 2. The molecule has 10 heteroatoms. The molecular formula is C23H17BrN4O5. The first-order chi connectivity index (χ1) is 15.8. The summed E-state index contributed by atoms with van der Waals surface area (Å²) >= 11 is 3.09. The minimum Gasteiger partial charge on any atom is -0.506 e. The van der Waals surface area contributed by atoms with E-state index in [1.165, 1.54) is 12.3 Å². The lowest BCUT2D eigenvalue weighted by molar-refractivity contribution is -0.385. The second-order valence-corrected chi connectivity index (χ2v) is 7.94. The smallest absolute Gasteiger partial charge is 0.282 e. The number of ether oxygens (including phenoxy) is 1. The Morgan fingerprint density at radius 2 is 1.94 bits per heavy atom. The van der Waals surface area contributed by atoms with Gasteiger partial charge in [0.25, 0.3) is 11.2 Å². The molecule has 0 atom stereocenters. The number of nitrogens with zero attached hydrogens (tertiary/aromatic N) is 4. The number of aryl methyl sites for hydroxylation is 1. The maximum absolute atomic E-state index is 13.1. The van der Waals surface area contributed by atoms with Gasteiger partial charge in [0.1, 0.15) is 18.1 Å². The van der Waals surface area contributed by atoms with Crippen molar-refractivity contribution in [1.82, 2.24) is 9.66 Å². The highest BCUT2D eigenvalue weighted by atomic mass is 79.9. The highest BCUT2D eigenvalue weighted by Crippen LogP contribution is 2.31. The highest BCUT2D eigenvalue weighted by Gasteiger charge is 2.15. The molecule has 33 heavy (non-hydrogen) atoms. The number of fused-ring (bicyclic) bond motifs is 1. The second-order valence-electron chi connectivity index (χ2n) is 7.08. The molecule has 0 unspecified atom stereocenters. The van der Waals surface area contributed by atoms with Crippen LogP contribution in [0.5, 0.6) is 11.5 Å². The minimum atomic E-state index is -0.591. The number of hydrogen-bond donors (Lipinski definition) is 1. The van der Waals surface area contributed by atoms with E-state index >= 15 is 0 Å². The van der Waals surface area contributed by atoms with Gasteiger partial charge in [-0.15, -0.1) is 0 Å². The molecule has 0 aliphatic heterocycles. The molecule has 1 heterocycles. The number of rotatable bonds is 6. The van der Waals surface area contributed by atoms with Crippen LogP contribution in [0, 0.1) is 17.0 Å². The van der Waals surface area contributed by atoms with Crippen molar-refractivity contribution in [2.24, 2.45) is 5.10 Å². The lowest BCUT2D eigenvalue weighted by Gasteiger charge is -2.12. The van der Waals surface area contributed by atoms with Gasteiger partial charge in [0.2, 0.25) is 0 Å². The maximum atomic E-state index is 13.1. The number of non-ortho nitro benzene ring substituents is 1. The summed E-state index contributed by atoms with van der Waals surface area (Å²) in [5.41, 5.74) is 0.777. The first kappa shape index (κ1) is 22.2. The second kappa shape index (κ2) is 9.21. The fourth-order valence-corrected chi connectivity index (χ4v) is 3.64. The van der Waals surface area contributed by atoms with Gasteiger partial charge in [0.15, 0.2) is 5.82 Å². The summed E-state index contributed by atoms with van der Waals surface area (Å²) in [6, 6.07) is 16.6. The Hall–Kier alpha value is -4.05. The van der Waals surface area contributed by atoms with Crippen molar-refractivity contribution in [1.29, 1.82) is 0 Å². The molecule has 0 amide bonds. The van der Waals surface area contributed by atoms with E-state index in [-0.39, 0.29) is 33.9 Å². The van der Waals surface area contributed by atoms with Crippen LogP contribution in [0.1, 0.15) is 17.0 Å². The van der Waals surface area contributed by atoms with Crippen molar-refractivity contribution in [3.8, 4) is 11.5 Å². The van der Waals surface area contributed by atoms with E-state index in [0.717, 1.165) is 16.3 Å². The summed E-state index contributed by atoms with van der Waals surface area (Å²) in [6.45, 7) is 1.85. The molecule has 0 spiro atoms. The summed E-state index contributed by atoms with van der Waals surface area (Å²) in [7, 11) is 0. The van der Waals surface area contributed by atoms with Gasteiger partial charge < -0.3 is 9.84 Å². The number of aromatic hydroxyl groups is 1. The van der Waals surface area contributed by atoms with Crippen LogP contribution in [0.15, 0.2) is 75.0 Å². The molecule has 0 radical (unpaired) electrons. The predicted octanol–water partition coefficient (Wildman–Crippen LogP) is 4.54. The topological polar surface area (TPSA) is 120 Å². The van der Waals surface area contributed by atoms with Gasteiger partial charge >= 0.3 is 0 Å². The van der Waals surface area contributed by atoms with Crippen LogP contribution in [0.25, 0.3) is 10.9 Å². The Morgan fingerprint density at radius 3 is 2.70 bits per heavy atom. The first-order valence-corrected chi connectivity index (χ1v) is 10.5. The third-order valence-corrected chi connectivity index (χ3v) is 5.48. The Morgan fingerprint density at radius 1 is 1.21 bits per heavy atom. The van der Waals surface area contributed by atoms with Gasteiger partial charge in [-0.1, -0.05) is 30.3 Å². The van der Waals surface area contributed by atoms with Crippen LogP contribution in [0.2, 0.25) is 0 Å². The molecule has 0 aliphatic carbocycles. The summed E-state index contributed by atoms with van der Waals surface area (Å²) in [6.07, 6.45) is 1.17. The van der Waals surface area contributed by atoms with Gasteiger partial charge in [-0.2, -0.15) is 9.78 Å². The Kier molecular flexibility index (Phi) is 6.18. The lowest BCUT2D eigenvalue weighted by Crippen LogP contribution is -2.23. The SMILES string of the molecule is Cc1ccccc1OCc1nc2ccccc2c(=O)n1/N=C/c1cc([N+](=O)[O-])cc(Br)c1O. The number of hydrogen-bond acceptors (Lipinski definition) is 7. The summed E-state index contributed by atoms with van der Waals surface area (Å²) in [5.74, 6) is 0.613. The molecule has 0 bridgehead atoms. The fourth-order valence-electron chi connectivity index (χ4n) is 3.17. The van der Waals surface area contributed by atoms with Crippen LogP contribution < -0.4 is 10.3 Å². The van der Waals surface area contributed by atoms with E-state index in [1.54, 1.807) is 30.3 Å². The largest absolute Gasteiger partial charge is 0.506 e. The minimum absolute atomic E-state index is 0.0487. The van der Waals surface area contributed by atoms with Crippen LogP contribution in [-0.4, -0.2) is 25.9 Å². The molecule has 9 nitrogen and oxygen atoms in total. The molecule has 3 aromatic carbocycles. The quantitative estimate of drug-likeness (QED) is 0.232. The lowest BCUT2D eigenvalue weighted by atomic mass is 10.2. The highest BCUT2D eigenvalue weighted by molar-refractivity contribution is 9.10. The molecule has 0 saturated carbocycles. The zero-order valence-corrected chi connectivity index (χ0v) is 18.9. The van der Waals surface area contributed by atoms with Gasteiger partial charge in [-0.25, -0.2) is 4.98 Å². The zero-order chi connectivity index (χ0) is 23.5. The molecule has 1 aromatic heterocycles. The molecule has 4 rings (SSSR count). The van der Waals surface area contributed by atoms with Crippen molar-refractivity contribution < 1.29 is 14.8 Å². The average molecular weight is 509 g/mol. The van der Waals surface area contributed by atoms with Crippen LogP contribution in [0.3, 0.4) is 0 Å². The molecule has 0 aliphatic rings. The van der Waals surface area contributed by atoms with Crippen molar-refractivity contribution in [3.63, 3.8) is 0 Å². The summed E-state index contributed by atoms with van der Waals surface area (Å²) in [4.78, 5) is 28.3. The number of nitro benzene ring substituents is 1. The van der Waals surface area contributed by atoms with E-state index < -0.39 is 10.5 Å². The monoisotopic (exact) mass is 508 g/mol. The third kappa shape index (κ3) is 4.60. The standard InChI is InChI=1S/C23H17BrN4O5/c1-14-6-2-5-9-20(14)33-13-21-26-19-8-4-3-7-17(19)23(30)27(21)25-12-15-10-16(28(31)32)11-18(24)22(15)29/h2-12,29H,13H2,1H3/b25-12+. The Labute approximate surface area is 195 Å². The van der Waals surface area contributed by atoms with Gasteiger partial charge in [0.05, 0.1) is 26.5 Å². The zero-order valence-electron chi connectivity index (χ0n) is 17.3. The molecule has 1 N–H and O–H groups in total. The number of phenolic OH excluding ortho intramolecular Hbond substituents is 1. The van der Waals surface area contributed by atoms with Crippen molar-refractivity contribution >= 4 is 38.7 Å². The summed E-state index contributed by atoms with van der Waals surface area (Å²) in [5, 5.41) is 26.0. The molecular weight excluding hydrogens is 492 g/mol. The van der Waals surface area contributed by atoms with Crippen molar-refractivity contribution in [3.05, 3.63) is 103 Å². The van der Waals surface area contributed by atoms with E-state index in [9.17, 15) is 20.0 Å². The van der Waals surface area contributed by atoms with Crippen molar-refractivity contribution in [2.45, 2.75) is 13.5 Å². The maximum Gasteiger partial charge on any atom is 0.282 e. The molecule has 0 saturated heterocycles. The van der Waals surface area contributed by atoms with Gasteiger partial charge in [-0.05, 0) is 46.6 Å². The molecule has 0 fully saturated rings. The van der Waals surface area contributed by atoms with Crippen molar-refractivity contribution in [2.75, 3.05) is 0 Å². The van der Waals surface area contributed by atoms with E-state index in [1.807, 2.05) is 25.1 Å².